The minimum Gasteiger partial charge on any atom is -0.477 e. The average molecular weight is 234 g/mol. The van der Waals surface area contributed by atoms with E-state index < -0.39 is 5.97 Å². The molecule has 92 valence electrons. The van der Waals surface area contributed by atoms with E-state index in [2.05, 4.69) is 17.2 Å². The number of pyridine rings is 1. The van der Waals surface area contributed by atoms with E-state index in [1.165, 1.54) is 31.9 Å². The smallest absolute Gasteiger partial charge is 0.354 e. The number of nitrogens with zero attached hydrogens (tertiary/aromatic N) is 1. The fourth-order valence-corrected chi connectivity index (χ4v) is 2.38. The van der Waals surface area contributed by atoms with Crippen molar-refractivity contribution in [1.82, 2.24) is 4.98 Å². The molecule has 0 saturated heterocycles. The molecule has 1 aliphatic rings. The number of aromatic carboxylic acids is 1. The number of anilines is 1. The van der Waals surface area contributed by atoms with Gasteiger partial charge in [0.25, 0.3) is 0 Å². The second-order valence-corrected chi connectivity index (χ2v) is 5.11. The second kappa shape index (κ2) is 4.73. The quantitative estimate of drug-likeness (QED) is 0.840. The van der Waals surface area contributed by atoms with E-state index in [9.17, 15) is 4.79 Å². The van der Waals surface area contributed by atoms with Crippen molar-refractivity contribution in [3.8, 4) is 0 Å². The van der Waals surface area contributed by atoms with Gasteiger partial charge in [0.2, 0.25) is 0 Å². The Labute approximate surface area is 101 Å². The maximum Gasteiger partial charge on any atom is 0.354 e. The summed E-state index contributed by atoms with van der Waals surface area (Å²) in [4.78, 5) is 14.6. The molecule has 0 bridgehead atoms. The minimum atomic E-state index is -0.985. The summed E-state index contributed by atoms with van der Waals surface area (Å²) < 4.78 is 0. The molecule has 1 aromatic heterocycles. The zero-order valence-electron chi connectivity index (χ0n) is 10.1. The van der Waals surface area contributed by atoms with Gasteiger partial charge in [-0.05, 0) is 30.4 Å². The first-order valence-corrected chi connectivity index (χ1v) is 6.02. The summed E-state index contributed by atoms with van der Waals surface area (Å²) >= 11 is 0. The van der Waals surface area contributed by atoms with E-state index in [-0.39, 0.29) is 5.69 Å². The third kappa shape index (κ3) is 2.96. The molecule has 2 rings (SSSR count). The molecule has 4 nitrogen and oxygen atoms in total. The molecule has 0 atom stereocenters. The Morgan fingerprint density at radius 3 is 2.88 bits per heavy atom. The van der Waals surface area contributed by atoms with E-state index in [0.29, 0.717) is 5.41 Å². The normalized spacial score (nSPS) is 17.9. The van der Waals surface area contributed by atoms with Crippen molar-refractivity contribution in [2.75, 3.05) is 11.9 Å². The number of rotatable bonds is 4. The van der Waals surface area contributed by atoms with Gasteiger partial charge in [-0.25, -0.2) is 9.78 Å². The van der Waals surface area contributed by atoms with E-state index >= 15 is 0 Å². The molecule has 2 N–H and O–H groups in total. The van der Waals surface area contributed by atoms with Crippen molar-refractivity contribution in [2.45, 2.75) is 32.6 Å². The lowest BCUT2D eigenvalue weighted by Crippen LogP contribution is -2.23. The highest BCUT2D eigenvalue weighted by Gasteiger charge is 2.28. The number of carboxylic acid groups (broad SMARTS) is 1. The first-order valence-electron chi connectivity index (χ1n) is 6.02. The van der Waals surface area contributed by atoms with Crippen molar-refractivity contribution in [3.05, 3.63) is 24.0 Å². The molecular weight excluding hydrogens is 216 g/mol. The van der Waals surface area contributed by atoms with Crippen LogP contribution in [0.4, 0.5) is 5.69 Å². The van der Waals surface area contributed by atoms with Crippen LogP contribution < -0.4 is 5.32 Å². The summed E-state index contributed by atoms with van der Waals surface area (Å²) in [5, 5.41) is 12.2. The van der Waals surface area contributed by atoms with Crippen LogP contribution in [0.2, 0.25) is 0 Å². The van der Waals surface area contributed by atoms with Gasteiger partial charge in [0.1, 0.15) is 5.69 Å². The Kier molecular flexibility index (Phi) is 3.31. The number of hydrogen-bond donors (Lipinski definition) is 2. The highest BCUT2D eigenvalue weighted by Crippen LogP contribution is 2.37. The number of nitrogens with one attached hydrogen (secondary N) is 1. The van der Waals surface area contributed by atoms with Crippen molar-refractivity contribution in [1.29, 1.82) is 0 Å². The molecule has 1 saturated carbocycles. The molecule has 0 unspecified atom stereocenters. The molecular formula is C13H18N2O2. The summed E-state index contributed by atoms with van der Waals surface area (Å²) in [6, 6.07) is 3.39. The fourth-order valence-electron chi connectivity index (χ4n) is 2.38. The van der Waals surface area contributed by atoms with Gasteiger partial charge >= 0.3 is 5.97 Å². The summed E-state index contributed by atoms with van der Waals surface area (Å²) in [5.74, 6) is -0.985. The molecule has 4 heteroatoms. The van der Waals surface area contributed by atoms with Gasteiger partial charge < -0.3 is 10.4 Å². The highest BCUT2D eigenvalue weighted by molar-refractivity contribution is 5.86. The van der Waals surface area contributed by atoms with E-state index in [1.807, 2.05) is 6.07 Å². The third-order valence-corrected chi connectivity index (χ3v) is 3.51. The molecule has 0 radical (unpaired) electrons. The van der Waals surface area contributed by atoms with Crippen molar-refractivity contribution >= 4 is 11.7 Å². The van der Waals surface area contributed by atoms with Gasteiger partial charge in [0.15, 0.2) is 0 Å². The lowest BCUT2D eigenvalue weighted by Gasteiger charge is -2.24. The first kappa shape index (κ1) is 11.9. The van der Waals surface area contributed by atoms with Crippen molar-refractivity contribution < 1.29 is 9.90 Å². The van der Waals surface area contributed by atoms with Crippen LogP contribution >= 0.6 is 0 Å². The van der Waals surface area contributed by atoms with Crippen LogP contribution in [0.3, 0.4) is 0 Å². The van der Waals surface area contributed by atoms with Crippen molar-refractivity contribution in [2.24, 2.45) is 5.41 Å². The maximum absolute atomic E-state index is 10.8. The van der Waals surface area contributed by atoms with Gasteiger partial charge in [-0.1, -0.05) is 19.8 Å². The molecule has 17 heavy (non-hydrogen) atoms. The van der Waals surface area contributed by atoms with Gasteiger partial charge in [-0.2, -0.15) is 0 Å². The molecule has 1 aromatic rings. The Hall–Kier alpha value is -1.58. The van der Waals surface area contributed by atoms with Gasteiger partial charge in [0, 0.05) is 18.4 Å². The second-order valence-electron chi connectivity index (χ2n) is 5.11. The summed E-state index contributed by atoms with van der Waals surface area (Å²) in [6.07, 6.45) is 6.63. The Balaban J connectivity index is 1.99. The van der Waals surface area contributed by atoms with E-state index in [4.69, 9.17) is 5.11 Å². The number of carboxylic acids is 1. The van der Waals surface area contributed by atoms with Gasteiger partial charge in [-0.15, -0.1) is 0 Å². The number of carbonyl (C=O) groups is 1. The summed E-state index contributed by atoms with van der Waals surface area (Å²) in [6.45, 7) is 3.18. The summed E-state index contributed by atoms with van der Waals surface area (Å²) in [7, 11) is 0. The van der Waals surface area contributed by atoms with Gasteiger partial charge in [0.05, 0.1) is 0 Å². The topological polar surface area (TPSA) is 62.2 Å². The highest BCUT2D eigenvalue weighted by atomic mass is 16.4. The van der Waals surface area contributed by atoms with Crippen LogP contribution in [-0.4, -0.2) is 22.6 Å². The molecule has 0 spiro atoms. The zero-order chi connectivity index (χ0) is 12.3. The fraction of sp³-hybridized carbons (Fsp3) is 0.538. The lowest BCUT2D eigenvalue weighted by atomic mass is 9.89. The summed E-state index contributed by atoms with van der Waals surface area (Å²) in [5.41, 5.74) is 1.28. The average Bonchev–Trinajstić information content (AvgIpc) is 2.75. The number of hydrogen-bond acceptors (Lipinski definition) is 3. The third-order valence-electron chi connectivity index (χ3n) is 3.51. The van der Waals surface area contributed by atoms with Gasteiger partial charge in [-0.3, -0.25) is 0 Å². The Morgan fingerprint density at radius 1 is 1.53 bits per heavy atom. The van der Waals surface area contributed by atoms with Crippen LogP contribution in [-0.2, 0) is 0 Å². The molecule has 0 amide bonds. The molecule has 1 heterocycles. The van der Waals surface area contributed by atoms with Crippen LogP contribution in [0.5, 0.6) is 0 Å². The van der Waals surface area contributed by atoms with Crippen LogP contribution in [0, 0.1) is 5.41 Å². The Bertz CT molecular complexity index is 412. The van der Waals surface area contributed by atoms with Crippen LogP contribution in [0.1, 0.15) is 43.1 Å². The largest absolute Gasteiger partial charge is 0.477 e. The lowest BCUT2D eigenvalue weighted by molar-refractivity contribution is 0.0690. The number of aromatic nitrogens is 1. The standard InChI is InChI=1S/C13H18N2O2/c1-13(5-2-3-6-13)9-15-10-4-7-14-11(8-10)12(16)17/h4,7-8H,2-3,5-6,9H2,1H3,(H,14,15)(H,16,17). The zero-order valence-corrected chi connectivity index (χ0v) is 10.1. The maximum atomic E-state index is 10.8. The monoisotopic (exact) mass is 234 g/mol. The van der Waals surface area contributed by atoms with Crippen LogP contribution in [0.25, 0.3) is 0 Å². The minimum absolute atomic E-state index is 0.0894. The molecule has 1 aliphatic carbocycles. The van der Waals surface area contributed by atoms with Crippen molar-refractivity contribution in [3.63, 3.8) is 0 Å². The Morgan fingerprint density at radius 2 is 2.24 bits per heavy atom. The van der Waals surface area contributed by atoms with Crippen LogP contribution in [0.15, 0.2) is 18.3 Å². The van der Waals surface area contributed by atoms with E-state index in [1.54, 1.807) is 6.07 Å². The van der Waals surface area contributed by atoms with E-state index in [0.717, 1.165) is 12.2 Å². The molecule has 1 fully saturated rings. The predicted octanol–water partition coefficient (Wildman–Crippen LogP) is 2.77. The molecule has 0 aromatic carbocycles. The predicted molar refractivity (Wildman–Crippen MR) is 66.3 cm³/mol. The SMILES string of the molecule is CC1(CNc2ccnc(C(=O)O)c2)CCCC1. The molecule has 0 aliphatic heterocycles. The first-order chi connectivity index (χ1) is 8.09.